The van der Waals surface area contributed by atoms with Gasteiger partial charge in [0.1, 0.15) is 0 Å². The van der Waals surface area contributed by atoms with Crippen molar-refractivity contribution in [1.29, 1.82) is 0 Å². The molecule has 0 aliphatic heterocycles. The van der Waals surface area contributed by atoms with Gasteiger partial charge in [-0.05, 0) is 55.3 Å². The summed E-state index contributed by atoms with van der Waals surface area (Å²) < 4.78 is 0. The third-order valence-electron chi connectivity index (χ3n) is 4.87. The summed E-state index contributed by atoms with van der Waals surface area (Å²) in [6.45, 7) is 4.21. The smallest absolute Gasteiger partial charge is 0.0603 e. The lowest BCUT2D eigenvalue weighted by atomic mass is 9.95. The molecule has 0 aliphatic carbocycles. The third-order valence-corrected chi connectivity index (χ3v) is 4.87. The van der Waals surface area contributed by atoms with Crippen molar-refractivity contribution in [3.8, 4) is 11.1 Å². The molecule has 4 nitrogen and oxygen atoms in total. The van der Waals surface area contributed by atoms with Crippen LogP contribution in [0, 0.1) is 6.92 Å². The number of benzene rings is 1. The summed E-state index contributed by atoms with van der Waals surface area (Å²) in [4.78, 5) is 15.4. The number of rotatable bonds is 5. The van der Waals surface area contributed by atoms with E-state index < -0.39 is 0 Å². The second kappa shape index (κ2) is 8.01. The highest BCUT2D eigenvalue weighted by Crippen LogP contribution is 2.37. The molecule has 0 saturated heterocycles. The van der Waals surface area contributed by atoms with Gasteiger partial charge in [-0.15, -0.1) is 0 Å². The van der Waals surface area contributed by atoms with Gasteiger partial charge in [0.25, 0.3) is 0 Å². The second-order valence-corrected chi connectivity index (χ2v) is 6.74. The summed E-state index contributed by atoms with van der Waals surface area (Å²) in [6, 6.07) is 20.8. The summed E-state index contributed by atoms with van der Waals surface area (Å²) in [5.74, 6) is 0. The van der Waals surface area contributed by atoms with Crippen molar-refractivity contribution < 1.29 is 0 Å². The van der Waals surface area contributed by atoms with Crippen LogP contribution < -0.4 is 4.90 Å². The van der Waals surface area contributed by atoms with Crippen molar-refractivity contribution in [2.24, 2.45) is 0 Å². The lowest BCUT2D eigenvalue weighted by molar-refractivity contribution is 0.772. The third kappa shape index (κ3) is 3.62. The molecule has 3 heterocycles. The van der Waals surface area contributed by atoms with E-state index in [4.69, 9.17) is 0 Å². The van der Waals surface area contributed by atoms with Crippen LogP contribution >= 0.6 is 0 Å². The number of anilines is 2. The maximum Gasteiger partial charge on any atom is 0.0603 e. The Labute approximate surface area is 165 Å². The Bertz CT molecular complexity index is 991. The van der Waals surface area contributed by atoms with Crippen LogP contribution in [0.3, 0.4) is 0 Å². The predicted octanol–water partition coefficient (Wildman–Crippen LogP) is 5.75. The van der Waals surface area contributed by atoms with E-state index in [1.54, 1.807) is 12.4 Å². The highest BCUT2D eigenvalue weighted by Gasteiger charge is 2.21. The first kappa shape index (κ1) is 17.9. The summed E-state index contributed by atoms with van der Waals surface area (Å²) in [5, 5.41) is 0. The maximum atomic E-state index is 4.48. The van der Waals surface area contributed by atoms with Gasteiger partial charge in [-0.3, -0.25) is 15.0 Å². The zero-order valence-electron chi connectivity index (χ0n) is 16.0. The number of aromatic nitrogens is 3. The van der Waals surface area contributed by atoms with Crippen LogP contribution in [0.5, 0.6) is 0 Å². The highest BCUT2D eigenvalue weighted by atomic mass is 15.2. The lowest BCUT2D eigenvalue weighted by Crippen LogP contribution is -2.22. The van der Waals surface area contributed by atoms with E-state index in [1.807, 2.05) is 37.6 Å². The van der Waals surface area contributed by atoms with E-state index in [1.165, 1.54) is 11.1 Å². The number of hydrogen-bond donors (Lipinski definition) is 0. The topological polar surface area (TPSA) is 41.9 Å². The predicted molar refractivity (Wildman–Crippen MR) is 113 cm³/mol. The molecule has 0 spiro atoms. The molecule has 0 N–H and O–H groups in total. The lowest BCUT2D eigenvalue weighted by Gasteiger charge is -2.32. The van der Waals surface area contributed by atoms with Crippen molar-refractivity contribution in [2.45, 2.75) is 19.9 Å². The van der Waals surface area contributed by atoms with Gasteiger partial charge in [-0.1, -0.05) is 30.3 Å². The average Bonchev–Trinajstić information content (AvgIpc) is 2.76. The van der Waals surface area contributed by atoms with Gasteiger partial charge in [0.05, 0.1) is 29.8 Å². The average molecular weight is 366 g/mol. The first-order valence-electron chi connectivity index (χ1n) is 9.35. The van der Waals surface area contributed by atoms with Gasteiger partial charge in [0, 0.05) is 29.8 Å². The molecule has 28 heavy (non-hydrogen) atoms. The first-order valence-corrected chi connectivity index (χ1v) is 9.35. The fraction of sp³-hybridized carbons (Fsp3) is 0.125. The van der Waals surface area contributed by atoms with Crippen molar-refractivity contribution >= 4 is 11.4 Å². The molecule has 0 fully saturated rings. The molecule has 0 bridgehead atoms. The monoisotopic (exact) mass is 366 g/mol. The molecular formula is C24H22N4. The zero-order chi connectivity index (χ0) is 19.3. The SMILES string of the molecule is Cc1ccc(-c2ccccc2C(C)N(c2cccnc2)c2cccnc2)cn1. The molecule has 4 heteroatoms. The van der Waals surface area contributed by atoms with Crippen LogP contribution in [0.1, 0.15) is 24.2 Å². The fourth-order valence-corrected chi connectivity index (χ4v) is 3.48. The summed E-state index contributed by atoms with van der Waals surface area (Å²) >= 11 is 0. The normalized spacial score (nSPS) is 11.8. The Balaban J connectivity index is 1.82. The minimum atomic E-state index is 0.0749. The second-order valence-electron chi connectivity index (χ2n) is 6.74. The first-order chi connectivity index (χ1) is 13.7. The fourth-order valence-electron chi connectivity index (χ4n) is 3.48. The molecule has 3 aromatic heterocycles. The highest BCUT2D eigenvalue weighted by molar-refractivity contribution is 5.71. The van der Waals surface area contributed by atoms with Crippen molar-refractivity contribution in [3.05, 3.63) is 103 Å². The molecule has 1 aromatic carbocycles. The number of hydrogen-bond acceptors (Lipinski definition) is 4. The van der Waals surface area contributed by atoms with Crippen LogP contribution in [0.25, 0.3) is 11.1 Å². The Morgan fingerprint density at radius 1 is 0.750 bits per heavy atom. The van der Waals surface area contributed by atoms with E-state index in [0.29, 0.717) is 0 Å². The van der Waals surface area contributed by atoms with E-state index in [-0.39, 0.29) is 6.04 Å². The molecule has 0 radical (unpaired) electrons. The molecule has 4 rings (SSSR count). The van der Waals surface area contributed by atoms with Gasteiger partial charge >= 0.3 is 0 Å². The van der Waals surface area contributed by atoms with Crippen molar-refractivity contribution in [1.82, 2.24) is 15.0 Å². The number of aryl methyl sites for hydroxylation is 1. The zero-order valence-corrected chi connectivity index (χ0v) is 16.0. The molecule has 0 aliphatic rings. The van der Waals surface area contributed by atoms with Crippen LogP contribution in [-0.4, -0.2) is 15.0 Å². The Morgan fingerprint density at radius 2 is 1.43 bits per heavy atom. The Morgan fingerprint density at radius 3 is 2.00 bits per heavy atom. The van der Waals surface area contributed by atoms with E-state index in [2.05, 4.69) is 75.3 Å². The maximum absolute atomic E-state index is 4.48. The van der Waals surface area contributed by atoms with Gasteiger partial charge in [-0.2, -0.15) is 0 Å². The molecule has 1 atom stereocenters. The van der Waals surface area contributed by atoms with Gasteiger partial charge < -0.3 is 4.90 Å². The molecule has 0 amide bonds. The minimum Gasteiger partial charge on any atom is -0.332 e. The minimum absolute atomic E-state index is 0.0749. The van der Waals surface area contributed by atoms with E-state index in [9.17, 15) is 0 Å². The van der Waals surface area contributed by atoms with E-state index in [0.717, 1.165) is 22.6 Å². The van der Waals surface area contributed by atoms with Crippen LogP contribution in [0.4, 0.5) is 11.4 Å². The number of nitrogens with zero attached hydrogens (tertiary/aromatic N) is 4. The van der Waals surface area contributed by atoms with Gasteiger partial charge in [0.15, 0.2) is 0 Å². The van der Waals surface area contributed by atoms with Gasteiger partial charge in [0.2, 0.25) is 0 Å². The summed E-state index contributed by atoms with van der Waals surface area (Å²) in [7, 11) is 0. The number of pyridine rings is 3. The summed E-state index contributed by atoms with van der Waals surface area (Å²) in [5.41, 5.74) is 6.59. The van der Waals surface area contributed by atoms with Crippen LogP contribution in [0.2, 0.25) is 0 Å². The van der Waals surface area contributed by atoms with Crippen molar-refractivity contribution in [3.63, 3.8) is 0 Å². The quantitative estimate of drug-likeness (QED) is 0.451. The van der Waals surface area contributed by atoms with Crippen LogP contribution in [-0.2, 0) is 0 Å². The molecule has 4 aromatic rings. The molecule has 0 saturated carbocycles. The van der Waals surface area contributed by atoms with Crippen molar-refractivity contribution in [2.75, 3.05) is 4.90 Å². The van der Waals surface area contributed by atoms with Gasteiger partial charge in [-0.25, -0.2) is 0 Å². The standard InChI is InChI=1S/C24H22N4/c1-18-11-12-20(15-27-18)24-10-4-3-9-23(24)19(2)28(21-7-5-13-25-16-21)22-8-6-14-26-17-22/h3-17,19H,1-2H3. The molecular weight excluding hydrogens is 344 g/mol. The largest absolute Gasteiger partial charge is 0.332 e. The molecule has 1 unspecified atom stereocenters. The molecule has 138 valence electrons. The van der Waals surface area contributed by atoms with E-state index >= 15 is 0 Å². The Kier molecular flexibility index (Phi) is 5.11. The van der Waals surface area contributed by atoms with Crippen LogP contribution in [0.15, 0.2) is 91.6 Å². The Hall–Kier alpha value is -3.53. The summed E-state index contributed by atoms with van der Waals surface area (Å²) in [6.07, 6.45) is 9.31.